The maximum Gasteiger partial charge on any atom is 0.0398 e. The average molecular weight is 189 g/mol. The molecule has 0 radical (unpaired) electrons. The third-order valence-electron chi connectivity index (χ3n) is 3.27. The lowest BCUT2D eigenvalue weighted by molar-refractivity contribution is 0.577. The van der Waals surface area contributed by atoms with Crippen molar-refractivity contribution in [3.8, 4) is 0 Å². The van der Waals surface area contributed by atoms with Gasteiger partial charge in [0.2, 0.25) is 0 Å². The van der Waals surface area contributed by atoms with E-state index in [9.17, 15) is 0 Å². The van der Waals surface area contributed by atoms with Crippen molar-refractivity contribution in [3.63, 3.8) is 0 Å². The van der Waals surface area contributed by atoms with E-state index in [1.54, 1.807) is 0 Å². The van der Waals surface area contributed by atoms with Gasteiger partial charge in [0.1, 0.15) is 0 Å². The summed E-state index contributed by atoms with van der Waals surface area (Å²) in [5.74, 6) is 0. The number of aryl methyl sites for hydroxylation is 1. The average Bonchev–Trinajstić information content (AvgIpc) is 2.23. The number of anilines is 1. The second-order valence-corrected chi connectivity index (χ2v) is 4.27. The van der Waals surface area contributed by atoms with Gasteiger partial charge in [-0.05, 0) is 50.3 Å². The van der Waals surface area contributed by atoms with Gasteiger partial charge in [0.05, 0.1) is 0 Å². The number of rotatable bonds is 1. The van der Waals surface area contributed by atoms with Crippen LogP contribution in [0.25, 0.3) is 0 Å². The number of piperidine rings is 1. The molecule has 1 heterocycles. The molecular weight excluding hydrogens is 170 g/mol. The lowest BCUT2D eigenvalue weighted by Gasteiger charge is -2.30. The van der Waals surface area contributed by atoms with Gasteiger partial charge in [0.15, 0.2) is 0 Å². The predicted molar refractivity (Wildman–Crippen MR) is 62.0 cm³/mol. The Morgan fingerprint density at radius 3 is 2.43 bits per heavy atom. The van der Waals surface area contributed by atoms with Gasteiger partial charge in [-0.1, -0.05) is 12.1 Å². The number of benzene rings is 1. The Morgan fingerprint density at radius 1 is 1.00 bits per heavy atom. The normalized spacial score (nSPS) is 17.1. The molecule has 0 N–H and O–H groups in total. The van der Waals surface area contributed by atoms with Crippen LogP contribution in [0, 0.1) is 13.8 Å². The van der Waals surface area contributed by atoms with Crippen LogP contribution in [0.15, 0.2) is 18.2 Å². The van der Waals surface area contributed by atoms with Crippen LogP contribution in [0.2, 0.25) is 0 Å². The highest BCUT2D eigenvalue weighted by atomic mass is 15.1. The molecule has 1 fully saturated rings. The van der Waals surface area contributed by atoms with Crippen molar-refractivity contribution in [2.75, 3.05) is 18.0 Å². The number of hydrogen-bond donors (Lipinski definition) is 0. The highest BCUT2D eigenvalue weighted by Gasteiger charge is 2.12. The van der Waals surface area contributed by atoms with Gasteiger partial charge in [-0.3, -0.25) is 0 Å². The molecule has 1 aromatic rings. The van der Waals surface area contributed by atoms with E-state index in [-0.39, 0.29) is 0 Å². The van der Waals surface area contributed by atoms with E-state index in [1.165, 1.54) is 49.2 Å². The minimum Gasteiger partial charge on any atom is -0.371 e. The van der Waals surface area contributed by atoms with Crippen molar-refractivity contribution in [1.82, 2.24) is 0 Å². The van der Waals surface area contributed by atoms with Crippen molar-refractivity contribution >= 4 is 5.69 Å². The summed E-state index contributed by atoms with van der Waals surface area (Å²) in [5, 5.41) is 0. The maximum atomic E-state index is 2.53. The lowest BCUT2D eigenvalue weighted by Crippen LogP contribution is -2.30. The van der Waals surface area contributed by atoms with E-state index in [0.29, 0.717) is 0 Å². The van der Waals surface area contributed by atoms with Crippen molar-refractivity contribution in [2.45, 2.75) is 33.1 Å². The molecule has 0 atom stereocenters. The quantitative estimate of drug-likeness (QED) is 0.655. The summed E-state index contributed by atoms with van der Waals surface area (Å²) >= 11 is 0. The summed E-state index contributed by atoms with van der Waals surface area (Å²) in [5.41, 5.74) is 4.31. The number of nitrogens with zero attached hydrogens (tertiary/aromatic N) is 1. The molecule has 2 rings (SSSR count). The Balaban J connectivity index is 2.26. The van der Waals surface area contributed by atoms with Gasteiger partial charge in [-0.15, -0.1) is 0 Å². The van der Waals surface area contributed by atoms with Gasteiger partial charge in [0, 0.05) is 18.8 Å². The Hall–Kier alpha value is -0.980. The van der Waals surface area contributed by atoms with Gasteiger partial charge < -0.3 is 4.90 Å². The highest BCUT2D eigenvalue weighted by molar-refractivity contribution is 5.56. The van der Waals surface area contributed by atoms with Crippen molar-refractivity contribution in [2.24, 2.45) is 0 Å². The first-order valence-electron chi connectivity index (χ1n) is 5.60. The molecule has 1 aromatic carbocycles. The Morgan fingerprint density at radius 2 is 1.71 bits per heavy atom. The Kier molecular flexibility index (Phi) is 2.76. The van der Waals surface area contributed by atoms with E-state index in [2.05, 4.69) is 36.9 Å². The molecule has 1 heteroatoms. The zero-order chi connectivity index (χ0) is 9.97. The van der Waals surface area contributed by atoms with Gasteiger partial charge in [0.25, 0.3) is 0 Å². The molecule has 0 aliphatic carbocycles. The fraction of sp³-hybridized carbons (Fsp3) is 0.538. The molecular formula is C13H19N. The molecule has 1 aliphatic rings. The first-order valence-corrected chi connectivity index (χ1v) is 5.60. The highest BCUT2D eigenvalue weighted by Crippen LogP contribution is 2.25. The van der Waals surface area contributed by atoms with E-state index in [4.69, 9.17) is 0 Å². The molecule has 0 spiro atoms. The van der Waals surface area contributed by atoms with E-state index >= 15 is 0 Å². The fourth-order valence-corrected chi connectivity index (χ4v) is 2.21. The van der Waals surface area contributed by atoms with Crippen LogP contribution < -0.4 is 4.90 Å². The molecule has 76 valence electrons. The van der Waals surface area contributed by atoms with Crippen LogP contribution in [-0.4, -0.2) is 13.1 Å². The van der Waals surface area contributed by atoms with Crippen LogP contribution >= 0.6 is 0 Å². The first kappa shape index (κ1) is 9.57. The standard InChI is InChI=1S/C13H19N/c1-11-7-6-8-13(12(11)2)14-9-4-3-5-10-14/h6-8H,3-5,9-10H2,1-2H3. The minimum absolute atomic E-state index is 1.24. The van der Waals surface area contributed by atoms with Crippen molar-refractivity contribution in [1.29, 1.82) is 0 Å². The molecule has 0 saturated carbocycles. The van der Waals surface area contributed by atoms with Gasteiger partial charge >= 0.3 is 0 Å². The largest absolute Gasteiger partial charge is 0.371 e. The summed E-state index contributed by atoms with van der Waals surface area (Å²) in [4.78, 5) is 2.53. The van der Waals surface area contributed by atoms with Crippen LogP contribution in [0.3, 0.4) is 0 Å². The van der Waals surface area contributed by atoms with Crippen molar-refractivity contribution < 1.29 is 0 Å². The van der Waals surface area contributed by atoms with E-state index in [0.717, 1.165) is 0 Å². The maximum absolute atomic E-state index is 2.53. The smallest absolute Gasteiger partial charge is 0.0398 e. The summed E-state index contributed by atoms with van der Waals surface area (Å²) in [7, 11) is 0. The topological polar surface area (TPSA) is 3.24 Å². The molecule has 14 heavy (non-hydrogen) atoms. The molecule has 0 aromatic heterocycles. The van der Waals surface area contributed by atoms with Gasteiger partial charge in [-0.2, -0.15) is 0 Å². The Labute approximate surface area is 86.7 Å². The SMILES string of the molecule is Cc1cccc(N2CCCCC2)c1C. The van der Waals surface area contributed by atoms with E-state index in [1.807, 2.05) is 0 Å². The van der Waals surface area contributed by atoms with Crippen LogP contribution in [0.1, 0.15) is 30.4 Å². The molecule has 1 nitrogen and oxygen atoms in total. The van der Waals surface area contributed by atoms with Crippen molar-refractivity contribution in [3.05, 3.63) is 29.3 Å². The Bertz CT molecular complexity index is 311. The molecule has 1 aliphatic heterocycles. The van der Waals surface area contributed by atoms with Crippen LogP contribution in [0.5, 0.6) is 0 Å². The zero-order valence-corrected chi connectivity index (χ0v) is 9.21. The van der Waals surface area contributed by atoms with Crippen LogP contribution in [0.4, 0.5) is 5.69 Å². The first-order chi connectivity index (χ1) is 6.79. The number of hydrogen-bond acceptors (Lipinski definition) is 1. The fourth-order valence-electron chi connectivity index (χ4n) is 2.21. The monoisotopic (exact) mass is 189 g/mol. The minimum atomic E-state index is 1.24. The summed E-state index contributed by atoms with van der Waals surface area (Å²) in [6.07, 6.45) is 4.11. The van der Waals surface area contributed by atoms with Gasteiger partial charge in [-0.25, -0.2) is 0 Å². The van der Waals surface area contributed by atoms with Crippen LogP contribution in [-0.2, 0) is 0 Å². The molecule has 0 bridgehead atoms. The lowest BCUT2D eigenvalue weighted by atomic mass is 10.0. The summed E-state index contributed by atoms with van der Waals surface area (Å²) in [6, 6.07) is 6.63. The third-order valence-corrected chi connectivity index (χ3v) is 3.27. The summed E-state index contributed by atoms with van der Waals surface area (Å²) in [6.45, 7) is 6.91. The molecule has 0 amide bonds. The zero-order valence-electron chi connectivity index (χ0n) is 9.21. The second kappa shape index (κ2) is 4.04. The molecule has 1 saturated heterocycles. The second-order valence-electron chi connectivity index (χ2n) is 4.27. The van der Waals surface area contributed by atoms with E-state index < -0.39 is 0 Å². The third kappa shape index (κ3) is 1.77. The predicted octanol–water partition coefficient (Wildman–Crippen LogP) is 3.29. The summed E-state index contributed by atoms with van der Waals surface area (Å²) < 4.78 is 0. The molecule has 0 unspecified atom stereocenters.